The van der Waals surface area contributed by atoms with Crippen LogP contribution in [0.2, 0.25) is 0 Å². The number of halogens is 1. The van der Waals surface area contributed by atoms with E-state index >= 15 is 0 Å². The Morgan fingerprint density at radius 2 is 2.05 bits per heavy atom. The van der Waals surface area contributed by atoms with Gasteiger partial charge in [0, 0.05) is 11.0 Å². The average Bonchev–Trinajstić information content (AvgIpc) is 2.43. The monoisotopic (exact) mass is 358 g/mol. The van der Waals surface area contributed by atoms with E-state index in [0.717, 1.165) is 0 Å². The molecule has 0 aliphatic rings. The number of aromatic carboxylic acids is 1. The molecule has 21 heavy (non-hydrogen) atoms. The Morgan fingerprint density at radius 1 is 1.38 bits per heavy atom. The van der Waals surface area contributed by atoms with Crippen LogP contribution in [0.15, 0.2) is 22.7 Å². The summed E-state index contributed by atoms with van der Waals surface area (Å²) in [6.45, 7) is 1.76. The van der Waals surface area contributed by atoms with Gasteiger partial charge in [0.1, 0.15) is 6.54 Å². The summed E-state index contributed by atoms with van der Waals surface area (Å²) in [4.78, 5) is 35.6. The van der Waals surface area contributed by atoms with E-state index in [-0.39, 0.29) is 24.3 Å². The van der Waals surface area contributed by atoms with E-state index in [4.69, 9.17) is 5.11 Å². The van der Waals surface area contributed by atoms with Crippen molar-refractivity contribution < 1.29 is 24.2 Å². The second-order valence-electron chi connectivity index (χ2n) is 4.02. The number of hydrogen-bond acceptors (Lipinski definition) is 4. The summed E-state index contributed by atoms with van der Waals surface area (Å²) in [5, 5.41) is 11.6. The summed E-state index contributed by atoms with van der Waals surface area (Å²) >= 11 is 3.21. The first-order valence-electron chi connectivity index (χ1n) is 6.04. The molecule has 7 nitrogen and oxygen atoms in total. The maximum absolute atomic E-state index is 12.1. The number of benzene rings is 1. The van der Waals surface area contributed by atoms with Crippen molar-refractivity contribution in [3.8, 4) is 0 Å². The number of rotatable bonds is 5. The molecule has 1 aromatic rings. The summed E-state index contributed by atoms with van der Waals surface area (Å²) < 4.78 is 5.13. The van der Waals surface area contributed by atoms with Crippen LogP contribution in [0.4, 0.5) is 10.5 Å². The smallest absolute Gasteiger partial charge is 0.337 e. The minimum absolute atomic E-state index is 0.0410. The molecular weight excluding hydrogens is 344 g/mol. The van der Waals surface area contributed by atoms with Crippen LogP contribution < -0.4 is 5.32 Å². The van der Waals surface area contributed by atoms with Crippen molar-refractivity contribution in [3.05, 3.63) is 28.2 Å². The number of nitrogens with zero attached hydrogens (tertiary/aromatic N) is 1. The van der Waals surface area contributed by atoms with Crippen LogP contribution >= 0.6 is 15.9 Å². The van der Waals surface area contributed by atoms with Gasteiger partial charge in [-0.05, 0) is 25.1 Å². The fraction of sp³-hybridized carbons (Fsp3) is 0.308. The van der Waals surface area contributed by atoms with Crippen molar-refractivity contribution in [1.82, 2.24) is 4.90 Å². The molecule has 1 aromatic carbocycles. The van der Waals surface area contributed by atoms with Gasteiger partial charge in [-0.3, -0.25) is 4.79 Å². The van der Waals surface area contributed by atoms with Crippen LogP contribution in [0.5, 0.6) is 0 Å². The second-order valence-corrected chi connectivity index (χ2v) is 4.93. The Hall–Kier alpha value is -2.09. The highest BCUT2D eigenvalue weighted by molar-refractivity contribution is 9.10. The molecule has 0 bridgehead atoms. The molecule has 8 heteroatoms. The van der Waals surface area contributed by atoms with Gasteiger partial charge < -0.3 is 20.1 Å². The molecule has 0 heterocycles. The van der Waals surface area contributed by atoms with Gasteiger partial charge >= 0.3 is 18.0 Å². The Morgan fingerprint density at radius 3 is 2.57 bits per heavy atom. The van der Waals surface area contributed by atoms with Crippen LogP contribution in [-0.4, -0.2) is 48.2 Å². The molecule has 0 unspecified atom stereocenters. The maximum atomic E-state index is 12.1. The van der Waals surface area contributed by atoms with Crippen LogP contribution in [0.3, 0.4) is 0 Å². The lowest BCUT2D eigenvalue weighted by atomic mass is 10.2. The fourth-order valence-electron chi connectivity index (χ4n) is 1.55. The number of amides is 2. The summed E-state index contributed by atoms with van der Waals surface area (Å²) in [6.07, 6.45) is 0. The molecule has 0 aromatic heterocycles. The Balaban J connectivity index is 2.93. The minimum atomic E-state index is -1.16. The lowest BCUT2D eigenvalue weighted by molar-refractivity contribution is -0.141. The normalized spacial score (nSPS) is 9.86. The number of carbonyl (C=O) groups excluding carboxylic acids is 2. The first-order valence-corrected chi connectivity index (χ1v) is 6.84. The highest BCUT2D eigenvalue weighted by Gasteiger charge is 2.19. The number of methoxy groups -OCH3 is 1. The Bertz CT molecular complexity index is 561. The van der Waals surface area contributed by atoms with Crippen molar-refractivity contribution in [1.29, 1.82) is 0 Å². The molecule has 0 atom stereocenters. The molecule has 0 fully saturated rings. The zero-order valence-corrected chi connectivity index (χ0v) is 13.1. The lowest BCUT2D eigenvalue weighted by Crippen LogP contribution is -2.39. The third-order valence-corrected chi connectivity index (χ3v) is 3.16. The summed E-state index contributed by atoms with van der Waals surface area (Å²) in [6, 6.07) is 3.83. The molecule has 0 saturated carbocycles. The molecule has 2 amide bonds. The molecule has 0 radical (unpaired) electrons. The number of carbonyl (C=O) groups is 3. The Labute approximate surface area is 130 Å². The van der Waals surface area contributed by atoms with Crippen LogP contribution in [-0.2, 0) is 9.53 Å². The summed E-state index contributed by atoms with van der Waals surface area (Å²) in [7, 11) is 1.23. The standard InChI is InChI=1S/C13H15BrN2O5/c1-3-16(7-11(17)21-2)13(20)15-10-6-8(14)4-5-9(10)12(18)19/h4-6H,3,7H2,1-2H3,(H,15,20)(H,18,19). The lowest BCUT2D eigenvalue weighted by Gasteiger charge is -2.20. The van der Waals surface area contributed by atoms with Crippen molar-refractivity contribution in [2.24, 2.45) is 0 Å². The zero-order chi connectivity index (χ0) is 16.0. The predicted molar refractivity (Wildman–Crippen MR) is 79.4 cm³/mol. The predicted octanol–water partition coefficient (Wildman–Crippen LogP) is 2.17. The largest absolute Gasteiger partial charge is 0.478 e. The molecule has 1 rings (SSSR count). The number of anilines is 1. The van der Waals surface area contributed by atoms with Gasteiger partial charge in [0.25, 0.3) is 0 Å². The number of ether oxygens (including phenoxy) is 1. The van der Waals surface area contributed by atoms with Crippen molar-refractivity contribution >= 4 is 39.6 Å². The van der Waals surface area contributed by atoms with Gasteiger partial charge in [-0.25, -0.2) is 9.59 Å². The zero-order valence-electron chi connectivity index (χ0n) is 11.6. The van der Waals surface area contributed by atoms with Gasteiger partial charge in [0.15, 0.2) is 0 Å². The van der Waals surface area contributed by atoms with E-state index in [1.807, 2.05) is 0 Å². The van der Waals surface area contributed by atoms with E-state index in [1.165, 1.54) is 24.1 Å². The third-order valence-electron chi connectivity index (χ3n) is 2.67. The summed E-state index contributed by atoms with van der Waals surface area (Å²) in [5.74, 6) is -1.71. The SMILES string of the molecule is CCN(CC(=O)OC)C(=O)Nc1cc(Br)ccc1C(=O)O. The molecule has 0 spiro atoms. The number of likely N-dealkylation sites (N-methyl/N-ethyl adjacent to an activating group) is 1. The van der Waals surface area contributed by atoms with Gasteiger partial charge in [-0.1, -0.05) is 15.9 Å². The van der Waals surface area contributed by atoms with E-state index in [2.05, 4.69) is 26.0 Å². The average molecular weight is 359 g/mol. The second kappa shape index (κ2) is 7.63. The molecule has 114 valence electrons. The number of carboxylic acid groups (broad SMARTS) is 1. The Kier molecular flexibility index (Phi) is 6.16. The number of hydrogen-bond donors (Lipinski definition) is 2. The van der Waals surface area contributed by atoms with E-state index in [9.17, 15) is 14.4 Å². The van der Waals surface area contributed by atoms with Crippen molar-refractivity contribution in [3.63, 3.8) is 0 Å². The topological polar surface area (TPSA) is 95.9 Å². The highest BCUT2D eigenvalue weighted by Crippen LogP contribution is 2.22. The van der Waals surface area contributed by atoms with Gasteiger partial charge in [0.05, 0.1) is 18.4 Å². The molecule has 2 N–H and O–H groups in total. The molecule has 0 aliphatic heterocycles. The van der Waals surface area contributed by atoms with Crippen LogP contribution in [0.25, 0.3) is 0 Å². The van der Waals surface area contributed by atoms with E-state index in [0.29, 0.717) is 4.47 Å². The van der Waals surface area contributed by atoms with E-state index in [1.54, 1.807) is 13.0 Å². The fourth-order valence-corrected chi connectivity index (χ4v) is 1.91. The molecular formula is C13H15BrN2O5. The summed E-state index contributed by atoms with van der Waals surface area (Å²) in [5.41, 5.74) is 0.103. The molecule has 0 aliphatic carbocycles. The van der Waals surface area contributed by atoms with Crippen molar-refractivity contribution in [2.45, 2.75) is 6.92 Å². The quantitative estimate of drug-likeness (QED) is 0.786. The van der Waals surface area contributed by atoms with Gasteiger partial charge in [-0.2, -0.15) is 0 Å². The highest BCUT2D eigenvalue weighted by atomic mass is 79.9. The van der Waals surface area contributed by atoms with Gasteiger partial charge in [-0.15, -0.1) is 0 Å². The number of carboxylic acids is 1. The minimum Gasteiger partial charge on any atom is -0.478 e. The first kappa shape index (κ1) is 17.0. The number of esters is 1. The van der Waals surface area contributed by atoms with E-state index < -0.39 is 18.0 Å². The van der Waals surface area contributed by atoms with Crippen LogP contribution in [0, 0.1) is 0 Å². The maximum Gasteiger partial charge on any atom is 0.337 e. The van der Waals surface area contributed by atoms with Crippen molar-refractivity contribution in [2.75, 3.05) is 25.5 Å². The first-order chi connectivity index (χ1) is 9.88. The third kappa shape index (κ3) is 4.75. The van der Waals surface area contributed by atoms with Gasteiger partial charge in [0.2, 0.25) is 0 Å². The number of nitrogens with one attached hydrogen (secondary N) is 1. The number of urea groups is 1. The van der Waals surface area contributed by atoms with Crippen LogP contribution in [0.1, 0.15) is 17.3 Å². The molecule has 0 saturated heterocycles.